The van der Waals surface area contributed by atoms with Crippen molar-refractivity contribution in [1.29, 1.82) is 0 Å². The Bertz CT molecular complexity index is 264. The van der Waals surface area contributed by atoms with E-state index in [-0.39, 0.29) is 0 Å². The van der Waals surface area contributed by atoms with Crippen LogP contribution in [-0.2, 0) is 0 Å². The van der Waals surface area contributed by atoms with Gasteiger partial charge in [0, 0.05) is 23.0 Å². The molecule has 15 heavy (non-hydrogen) atoms. The van der Waals surface area contributed by atoms with E-state index in [1.165, 1.54) is 4.90 Å². The first-order valence-electron chi connectivity index (χ1n) is 5.12. The van der Waals surface area contributed by atoms with Crippen LogP contribution >= 0.6 is 23.4 Å². The molecule has 0 heterocycles. The maximum absolute atomic E-state index is 5.80. The van der Waals surface area contributed by atoms with Gasteiger partial charge >= 0.3 is 0 Å². The molecule has 84 valence electrons. The van der Waals surface area contributed by atoms with Crippen LogP contribution in [-0.4, -0.2) is 25.4 Å². The lowest BCUT2D eigenvalue weighted by Crippen LogP contribution is -2.23. The highest BCUT2D eigenvalue weighted by atomic mass is 35.5. The van der Waals surface area contributed by atoms with Crippen LogP contribution in [0, 0.1) is 0 Å². The van der Waals surface area contributed by atoms with Crippen molar-refractivity contribution in [3.8, 4) is 0 Å². The monoisotopic (exact) mass is 244 g/mol. The molecule has 0 bridgehead atoms. The molecule has 0 saturated heterocycles. The van der Waals surface area contributed by atoms with E-state index in [1.807, 2.05) is 23.9 Å². The minimum Gasteiger partial charge on any atom is -0.329 e. The topological polar surface area (TPSA) is 38.0 Å². The van der Waals surface area contributed by atoms with Gasteiger partial charge in [0.2, 0.25) is 0 Å². The van der Waals surface area contributed by atoms with Crippen molar-refractivity contribution in [2.45, 2.75) is 11.3 Å². The first kappa shape index (κ1) is 12.8. The van der Waals surface area contributed by atoms with Crippen LogP contribution in [0.1, 0.15) is 6.42 Å². The first-order valence-corrected chi connectivity index (χ1v) is 6.48. The molecule has 1 aromatic carbocycles. The molecule has 2 nitrogen and oxygen atoms in total. The van der Waals surface area contributed by atoms with Crippen LogP contribution in [0.4, 0.5) is 0 Å². The third kappa shape index (κ3) is 6.05. The highest BCUT2D eigenvalue weighted by Crippen LogP contribution is 2.20. The number of thioether (sulfide) groups is 1. The van der Waals surface area contributed by atoms with Crippen LogP contribution in [0.2, 0.25) is 5.02 Å². The largest absolute Gasteiger partial charge is 0.329 e. The van der Waals surface area contributed by atoms with Gasteiger partial charge in [0.15, 0.2) is 0 Å². The molecular formula is C11H17ClN2S. The molecule has 0 saturated carbocycles. The Kier molecular flexibility index (Phi) is 6.85. The van der Waals surface area contributed by atoms with Gasteiger partial charge in [-0.2, -0.15) is 0 Å². The van der Waals surface area contributed by atoms with Crippen molar-refractivity contribution in [2.75, 3.05) is 25.4 Å². The molecule has 0 spiro atoms. The summed E-state index contributed by atoms with van der Waals surface area (Å²) in [6.45, 7) is 2.66. The zero-order valence-corrected chi connectivity index (χ0v) is 10.3. The van der Waals surface area contributed by atoms with E-state index >= 15 is 0 Å². The maximum atomic E-state index is 5.80. The van der Waals surface area contributed by atoms with Crippen LogP contribution in [0.25, 0.3) is 0 Å². The molecule has 1 aromatic rings. The third-order valence-electron chi connectivity index (χ3n) is 1.90. The minimum atomic E-state index is 0.713. The Balaban J connectivity index is 2.07. The number of benzene rings is 1. The van der Waals surface area contributed by atoms with Crippen molar-refractivity contribution >= 4 is 23.4 Å². The van der Waals surface area contributed by atoms with Gasteiger partial charge in [-0.1, -0.05) is 11.6 Å². The second-order valence-electron chi connectivity index (χ2n) is 3.19. The van der Waals surface area contributed by atoms with Crippen molar-refractivity contribution in [3.63, 3.8) is 0 Å². The predicted octanol–water partition coefficient (Wildman–Crippen LogP) is 2.37. The SMILES string of the molecule is NCCNCCCSc1ccc(Cl)cc1. The first-order chi connectivity index (χ1) is 7.33. The smallest absolute Gasteiger partial charge is 0.0406 e. The van der Waals surface area contributed by atoms with Crippen molar-refractivity contribution in [2.24, 2.45) is 5.73 Å². The van der Waals surface area contributed by atoms with E-state index in [0.29, 0.717) is 6.54 Å². The summed E-state index contributed by atoms with van der Waals surface area (Å²) in [6, 6.07) is 7.97. The predicted molar refractivity (Wildman–Crippen MR) is 68.7 cm³/mol. The number of rotatable bonds is 7. The average Bonchev–Trinajstić information content (AvgIpc) is 2.26. The molecule has 0 fully saturated rings. The van der Waals surface area contributed by atoms with Crippen LogP contribution in [0.5, 0.6) is 0 Å². The van der Waals surface area contributed by atoms with E-state index in [4.69, 9.17) is 17.3 Å². The molecule has 0 radical (unpaired) electrons. The molecule has 3 N–H and O–H groups in total. The quantitative estimate of drug-likeness (QED) is 0.571. The maximum Gasteiger partial charge on any atom is 0.0406 e. The van der Waals surface area contributed by atoms with Crippen molar-refractivity contribution in [1.82, 2.24) is 5.32 Å². The molecule has 0 amide bonds. The van der Waals surface area contributed by atoms with Gasteiger partial charge in [0.25, 0.3) is 0 Å². The summed E-state index contributed by atoms with van der Waals surface area (Å²) in [4.78, 5) is 1.28. The number of halogens is 1. The number of hydrogen-bond donors (Lipinski definition) is 2. The molecule has 0 aliphatic heterocycles. The fraction of sp³-hybridized carbons (Fsp3) is 0.455. The summed E-state index contributed by atoms with van der Waals surface area (Å²) in [5.74, 6) is 1.12. The summed E-state index contributed by atoms with van der Waals surface area (Å²) in [6.07, 6.45) is 1.16. The van der Waals surface area contributed by atoms with Gasteiger partial charge < -0.3 is 11.1 Å². The highest BCUT2D eigenvalue weighted by Gasteiger charge is 1.94. The Morgan fingerprint density at radius 3 is 2.60 bits per heavy atom. The Morgan fingerprint density at radius 2 is 1.93 bits per heavy atom. The fourth-order valence-electron chi connectivity index (χ4n) is 1.15. The lowest BCUT2D eigenvalue weighted by Gasteiger charge is -2.03. The number of nitrogens with two attached hydrogens (primary N) is 1. The molecule has 1 rings (SSSR count). The lowest BCUT2D eigenvalue weighted by atomic mass is 10.4. The van der Waals surface area contributed by atoms with Crippen molar-refractivity contribution < 1.29 is 0 Å². The average molecular weight is 245 g/mol. The Hall–Kier alpha value is -0.220. The van der Waals surface area contributed by atoms with Crippen LogP contribution in [0.15, 0.2) is 29.2 Å². The summed E-state index contributed by atoms with van der Waals surface area (Å²) in [5.41, 5.74) is 5.37. The normalized spacial score (nSPS) is 10.5. The summed E-state index contributed by atoms with van der Waals surface area (Å²) < 4.78 is 0. The second kappa shape index (κ2) is 7.99. The number of hydrogen-bond acceptors (Lipinski definition) is 3. The molecule has 0 aromatic heterocycles. The zero-order valence-electron chi connectivity index (χ0n) is 8.71. The molecule has 0 aliphatic carbocycles. The van der Waals surface area contributed by atoms with Crippen LogP contribution < -0.4 is 11.1 Å². The van der Waals surface area contributed by atoms with E-state index in [9.17, 15) is 0 Å². The van der Waals surface area contributed by atoms with Gasteiger partial charge in [0.1, 0.15) is 0 Å². The van der Waals surface area contributed by atoms with E-state index in [0.717, 1.165) is 30.3 Å². The standard InChI is InChI=1S/C11H17ClN2S/c12-10-2-4-11(5-3-10)15-9-1-7-14-8-6-13/h2-5,14H,1,6-9,13H2. The van der Waals surface area contributed by atoms with Gasteiger partial charge in [-0.05, 0) is 43.0 Å². The summed E-state index contributed by atoms with van der Waals surface area (Å²) in [5, 5.41) is 4.07. The van der Waals surface area contributed by atoms with Crippen molar-refractivity contribution in [3.05, 3.63) is 29.3 Å². The van der Waals surface area contributed by atoms with Gasteiger partial charge in [0.05, 0.1) is 0 Å². The van der Waals surface area contributed by atoms with Gasteiger partial charge in [-0.15, -0.1) is 11.8 Å². The van der Waals surface area contributed by atoms with Crippen LogP contribution in [0.3, 0.4) is 0 Å². The third-order valence-corrected chi connectivity index (χ3v) is 3.25. The second-order valence-corrected chi connectivity index (χ2v) is 4.80. The molecule has 0 aliphatic rings. The Labute approximate surface area is 101 Å². The number of nitrogens with one attached hydrogen (secondary N) is 1. The lowest BCUT2D eigenvalue weighted by molar-refractivity contribution is 0.681. The fourth-order valence-corrected chi connectivity index (χ4v) is 2.12. The summed E-state index contributed by atoms with van der Waals surface area (Å²) in [7, 11) is 0. The van der Waals surface area contributed by atoms with E-state index in [2.05, 4.69) is 17.4 Å². The van der Waals surface area contributed by atoms with Gasteiger partial charge in [-0.25, -0.2) is 0 Å². The Morgan fingerprint density at radius 1 is 1.20 bits per heavy atom. The highest BCUT2D eigenvalue weighted by molar-refractivity contribution is 7.99. The summed E-state index contributed by atoms with van der Waals surface area (Å²) >= 11 is 7.66. The van der Waals surface area contributed by atoms with E-state index in [1.54, 1.807) is 0 Å². The minimum absolute atomic E-state index is 0.713. The molecular weight excluding hydrogens is 228 g/mol. The zero-order chi connectivity index (χ0) is 10.9. The molecule has 0 unspecified atom stereocenters. The molecule has 0 atom stereocenters. The van der Waals surface area contributed by atoms with E-state index < -0.39 is 0 Å². The molecule has 4 heteroatoms. The van der Waals surface area contributed by atoms with Gasteiger partial charge in [-0.3, -0.25) is 0 Å².